The van der Waals surface area contributed by atoms with Crippen molar-refractivity contribution in [2.24, 2.45) is 5.92 Å². The van der Waals surface area contributed by atoms with Gasteiger partial charge in [0.2, 0.25) is 5.91 Å². The number of aryl methyl sites for hydroxylation is 3. The molecule has 1 N–H and O–H groups in total. The number of rotatable bonds is 4. The third kappa shape index (κ3) is 3.04. The van der Waals surface area contributed by atoms with Gasteiger partial charge in [-0.3, -0.25) is 4.79 Å². The summed E-state index contributed by atoms with van der Waals surface area (Å²) in [6.07, 6.45) is 0.697. The number of hydrogen-bond acceptors (Lipinski definition) is 2. The van der Waals surface area contributed by atoms with Gasteiger partial charge in [0, 0.05) is 19.5 Å². The number of nitrogens with zero attached hydrogens (tertiary/aromatic N) is 1. The van der Waals surface area contributed by atoms with Crippen LogP contribution >= 0.6 is 0 Å². The van der Waals surface area contributed by atoms with Gasteiger partial charge in [-0.15, -0.1) is 0 Å². The molecule has 2 atom stereocenters. The Bertz CT molecular complexity index is 487. The van der Waals surface area contributed by atoms with E-state index in [0.717, 1.165) is 13.1 Å². The Morgan fingerprint density at radius 2 is 1.90 bits per heavy atom. The molecule has 0 spiro atoms. The maximum absolute atomic E-state index is 12.0. The minimum atomic E-state index is 0.213. The van der Waals surface area contributed by atoms with Crippen molar-refractivity contribution in [2.75, 3.05) is 20.1 Å². The Kier molecular flexibility index (Phi) is 4.48. The van der Waals surface area contributed by atoms with Gasteiger partial charge in [-0.05, 0) is 50.4 Å². The second kappa shape index (κ2) is 5.96. The highest BCUT2D eigenvalue weighted by atomic mass is 16.2. The highest BCUT2D eigenvalue weighted by molar-refractivity contribution is 5.78. The van der Waals surface area contributed by atoms with Crippen molar-refractivity contribution >= 4 is 5.91 Å². The average molecular weight is 274 g/mol. The number of amides is 1. The second-order valence-electron chi connectivity index (χ2n) is 6.26. The molecule has 2 rings (SSSR count). The first kappa shape index (κ1) is 15.0. The third-order valence-electron chi connectivity index (χ3n) is 4.25. The molecular weight excluding hydrogens is 248 g/mol. The van der Waals surface area contributed by atoms with E-state index in [0.29, 0.717) is 18.2 Å². The lowest BCUT2D eigenvalue weighted by molar-refractivity contribution is -0.128. The molecular formula is C17H26N2O. The van der Waals surface area contributed by atoms with Gasteiger partial charge < -0.3 is 10.2 Å². The first-order valence-electron chi connectivity index (χ1n) is 7.45. The van der Waals surface area contributed by atoms with Crippen LogP contribution in [0.2, 0.25) is 0 Å². The molecule has 1 aliphatic rings. The fraction of sp³-hybridized carbons (Fsp3) is 0.588. The summed E-state index contributed by atoms with van der Waals surface area (Å²) in [4.78, 5) is 14.0. The van der Waals surface area contributed by atoms with Crippen LogP contribution < -0.4 is 5.32 Å². The van der Waals surface area contributed by atoms with E-state index in [1.807, 2.05) is 11.9 Å². The lowest BCUT2D eigenvalue weighted by Crippen LogP contribution is -2.35. The van der Waals surface area contributed by atoms with Crippen LogP contribution in [0.25, 0.3) is 0 Å². The molecule has 3 nitrogen and oxygen atoms in total. The summed E-state index contributed by atoms with van der Waals surface area (Å²) in [7, 11) is 1.98. The Morgan fingerprint density at radius 1 is 1.30 bits per heavy atom. The zero-order valence-electron chi connectivity index (χ0n) is 13.3. The van der Waals surface area contributed by atoms with Gasteiger partial charge in [0.05, 0.1) is 6.04 Å². The van der Waals surface area contributed by atoms with Crippen molar-refractivity contribution in [3.05, 3.63) is 34.4 Å². The molecule has 0 bridgehead atoms. The van der Waals surface area contributed by atoms with Crippen LogP contribution in [0.1, 0.15) is 41.6 Å². The topological polar surface area (TPSA) is 32.3 Å². The van der Waals surface area contributed by atoms with Crippen molar-refractivity contribution in [1.29, 1.82) is 0 Å². The van der Waals surface area contributed by atoms with Gasteiger partial charge >= 0.3 is 0 Å². The number of likely N-dealkylation sites (tertiary alicyclic amines) is 1. The number of likely N-dealkylation sites (N-methyl/N-ethyl adjacent to an activating group) is 1. The Balaban J connectivity index is 2.23. The molecule has 1 fully saturated rings. The van der Waals surface area contributed by atoms with Crippen LogP contribution in [0.4, 0.5) is 0 Å². The first-order valence-corrected chi connectivity index (χ1v) is 7.45. The normalized spacial score (nSPS) is 20.6. The van der Waals surface area contributed by atoms with E-state index < -0.39 is 0 Å². The standard InChI is InChI=1S/C17H26N2O/c1-11-6-13(3)17(14(4)7-11)15(18-5)10-19-9-12(2)8-16(19)20/h6-7,12,15,18H,8-10H2,1-5H3. The maximum Gasteiger partial charge on any atom is 0.222 e. The summed E-state index contributed by atoms with van der Waals surface area (Å²) in [6, 6.07) is 4.66. The monoisotopic (exact) mass is 274 g/mol. The zero-order valence-corrected chi connectivity index (χ0v) is 13.3. The smallest absolute Gasteiger partial charge is 0.222 e. The van der Waals surface area contributed by atoms with Crippen molar-refractivity contribution in [1.82, 2.24) is 10.2 Å². The number of hydrogen-bond donors (Lipinski definition) is 1. The lowest BCUT2D eigenvalue weighted by atomic mass is 9.93. The van der Waals surface area contributed by atoms with E-state index in [1.54, 1.807) is 0 Å². The summed E-state index contributed by atoms with van der Waals surface area (Å²) >= 11 is 0. The van der Waals surface area contributed by atoms with Crippen LogP contribution in [-0.4, -0.2) is 30.9 Å². The van der Waals surface area contributed by atoms with E-state index in [2.05, 4.69) is 45.1 Å². The maximum atomic E-state index is 12.0. The van der Waals surface area contributed by atoms with Crippen molar-refractivity contribution in [2.45, 2.75) is 40.2 Å². The van der Waals surface area contributed by atoms with Gasteiger partial charge in [-0.2, -0.15) is 0 Å². The summed E-state index contributed by atoms with van der Waals surface area (Å²) in [5, 5.41) is 3.39. The Hall–Kier alpha value is -1.35. The Labute approximate surface area is 122 Å². The fourth-order valence-electron chi connectivity index (χ4n) is 3.43. The molecule has 1 heterocycles. The minimum Gasteiger partial charge on any atom is -0.340 e. The molecule has 2 unspecified atom stereocenters. The van der Waals surface area contributed by atoms with E-state index in [1.165, 1.54) is 22.3 Å². The van der Waals surface area contributed by atoms with E-state index >= 15 is 0 Å². The van der Waals surface area contributed by atoms with Crippen LogP contribution in [0.15, 0.2) is 12.1 Å². The minimum absolute atomic E-state index is 0.213. The van der Waals surface area contributed by atoms with Crippen LogP contribution in [0.3, 0.4) is 0 Å². The molecule has 110 valence electrons. The van der Waals surface area contributed by atoms with Crippen molar-refractivity contribution in [3.8, 4) is 0 Å². The predicted molar refractivity (Wildman–Crippen MR) is 82.8 cm³/mol. The summed E-state index contributed by atoms with van der Waals surface area (Å²) in [5.74, 6) is 0.778. The third-order valence-corrected chi connectivity index (χ3v) is 4.25. The molecule has 3 heteroatoms. The molecule has 0 aliphatic carbocycles. The predicted octanol–water partition coefficient (Wildman–Crippen LogP) is 2.74. The van der Waals surface area contributed by atoms with Gasteiger partial charge in [-0.25, -0.2) is 0 Å². The quantitative estimate of drug-likeness (QED) is 0.915. The van der Waals surface area contributed by atoms with E-state index in [-0.39, 0.29) is 6.04 Å². The number of carbonyl (C=O) groups is 1. The van der Waals surface area contributed by atoms with Gasteiger partial charge in [-0.1, -0.05) is 24.6 Å². The summed E-state index contributed by atoms with van der Waals surface area (Å²) in [5.41, 5.74) is 5.25. The highest BCUT2D eigenvalue weighted by Gasteiger charge is 2.29. The molecule has 0 radical (unpaired) electrons. The van der Waals surface area contributed by atoms with Crippen molar-refractivity contribution in [3.63, 3.8) is 0 Å². The van der Waals surface area contributed by atoms with Crippen molar-refractivity contribution < 1.29 is 4.79 Å². The lowest BCUT2D eigenvalue weighted by Gasteiger charge is -2.27. The second-order valence-corrected chi connectivity index (χ2v) is 6.26. The molecule has 1 aliphatic heterocycles. The number of nitrogens with one attached hydrogen (secondary N) is 1. The highest BCUT2D eigenvalue weighted by Crippen LogP contribution is 2.26. The SMILES string of the molecule is CNC(CN1CC(C)CC1=O)c1c(C)cc(C)cc1C. The molecule has 20 heavy (non-hydrogen) atoms. The average Bonchev–Trinajstić information content (AvgIpc) is 2.65. The summed E-state index contributed by atoms with van der Waals surface area (Å²) in [6.45, 7) is 10.3. The van der Waals surface area contributed by atoms with Crippen LogP contribution in [-0.2, 0) is 4.79 Å². The molecule has 1 aromatic carbocycles. The van der Waals surface area contributed by atoms with Crippen LogP contribution in [0.5, 0.6) is 0 Å². The molecule has 1 amide bonds. The molecule has 1 saturated heterocycles. The Morgan fingerprint density at radius 3 is 2.35 bits per heavy atom. The van der Waals surface area contributed by atoms with E-state index in [9.17, 15) is 4.79 Å². The number of carbonyl (C=O) groups excluding carboxylic acids is 1. The fourth-order valence-corrected chi connectivity index (χ4v) is 3.43. The molecule has 1 aromatic rings. The van der Waals surface area contributed by atoms with E-state index in [4.69, 9.17) is 0 Å². The summed E-state index contributed by atoms with van der Waals surface area (Å²) < 4.78 is 0. The van der Waals surface area contributed by atoms with Crippen LogP contribution in [0, 0.1) is 26.7 Å². The first-order chi connectivity index (χ1) is 9.42. The number of benzene rings is 1. The molecule has 0 aromatic heterocycles. The van der Waals surface area contributed by atoms with Gasteiger partial charge in [0.25, 0.3) is 0 Å². The molecule has 0 saturated carbocycles. The van der Waals surface area contributed by atoms with Gasteiger partial charge in [0.15, 0.2) is 0 Å². The van der Waals surface area contributed by atoms with Gasteiger partial charge in [0.1, 0.15) is 0 Å². The zero-order chi connectivity index (χ0) is 14.9. The largest absolute Gasteiger partial charge is 0.340 e.